The maximum atomic E-state index is 13.0. The summed E-state index contributed by atoms with van der Waals surface area (Å²) in [5, 5.41) is 0.000337. The predicted molar refractivity (Wildman–Crippen MR) is 129 cm³/mol. The van der Waals surface area contributed by atoms with Crippen LogP contribution in [0.25, 0.3) is 10.9 Å². The lowest BCUT2D eigenvalue weighted by atomic mass is 10.2. The zero-order valence-corrected chi connectivity index (χ0v) is 19.7. The Morgan fingerprint density at radius 2 is 1.74 bits per heavy atom. The molecule has 4 rings (SSSR count). The quantitative estimate of drug-likeness (QED) is 0.415. The first kappa shape index (κ1) is 23.5. The molecule has 2 heterocycles. The number of hydrogen-bond donors (Lipinski definition) is 1. The van der Waals surface area contributed by atoms with Crippen molar-refractivity contribution in [3.8, 4) is 0 Å². The first-order valence-corrected chi connectivity index (χ1v) is 13.1. The van der Waals surface area contributed by atoms with Crippen LogP contribution in [0.3, 0.4) is 0 Å². The Labute approximate surface area is 198 Å². The highest BCUT2D eigenvalue weighted by molar-refractivity contribution is 7.89. The molecule has 0 bridgehead atoms. The number of sulfonamides is 1. The molecule has 1 unspecified atom stereocenters. The van der Waals surface area contributed by atoms with E-state index in [0.717, 1.165) is 21.2 Å². The summed E-state index contributed by atoms with van der Waals surface area (Å²) in [6.07, 6.45) is 2.36. The molecule has 1 atom stereocenters. The van der Waals surface area contributed by atoms with E-state index in [-0.39, 0.29) is 28.1 Å². The highest BCUT2D eigenvalue weighted by atomic mass is 32.2. The molecular weight excluding hydrogens is 476 g/mol. The summed E-state index contributed by atoms with van der Waals surface area (Å²) in [4.78, 5) is 33.6. The standard InChI is InChI=1S/C23H20N4O5S2/c1-16-7-9-17(10-8-16)13-33(30)27-15-25-21-12-24-20(11-19(21)23(27)29)22(28)26-34(31,32)14-18-5-3-2-4-6-18/h2-12,15H,13-14H2,1H3,(H,26,28). The van der Waals surface area contributed by atoms with Crippen molar-refractivity contribution in [3.05, 3.63) is 106 Å². The van der Waals surface area contributed by atoms with Crippen LogP contribution in [0.5, 0.6) is 0 Å². The van der Waals surface area contributed by atoms with E-state index in [2.05, 4.69) is 9.97 Å². The van der Waals surface area contributed by atoms with E-state index in [9.17, 15) is 22.2 Å². The van der Waals surface area contributed by atoms with Gasteiger partial charge < -0.3 is 0 Å². The molecule has 0 radical (unpaired) electrons. The van der Waals surface area contributed by atoms with Gasteiger partial charge in [0.2, 0.25) is 10.0 Å². The molecule has 0 fully saturated rings. The summed E-state index contributed by atoms with van der Waals surface area (Å²) in [6, 6.07) is 17.0. The van der Waals surface area contributed by atoms with Crippen molar-refractivity contribution in [2.24, 2.45) is 0 Å². The van der Waals surface area contributed by atoms with Crippen LogP contribution < -0.4 is 10.3 Å². The van der Waals surface area contributed by atoms with Crippen LogP contribution in [0.1, 0.15) is 27.2 Å². The van der Waals surface area contributed by atoms with Gasteiger partial charge in [-0.1, -0.05) is 60.2 Å². The Morgan fingerprint density at radius 1 is 1.03 bits per heavy atom. The number of aromatic nitrogens is 3. The van der Waals surface area contributed by atoms with Crippen LogP contribution in [0.15, 0.2) is 78.0 Å². The van der Waals surface area contributed by atoms with Crippen LogP contribution in [-0.4, -0.2) is 32.5 Å². The average Bonchev–Trinajstić information content (AvgIpc) is 2.80. The molecule has 0 aliphatic rings. The lowest BCUT2D eigenvalue weighted by Gasteiger charge is -2.09. The number of nitrogens with zero attached hydrogens (tertiary/aromatic N) is 3. The summed E-state index contributed by atoms with van der Waals surface area (Å²) in [6.45, 7) is 1.94. The number of pyridine rings is 1. The number of fused-ring (bicyclic) bond motifs is 1. The van der Waals surface area contributed by atoms with Crippen molar-refractivity contribution >= 4 is 37.8 Å². The topological polar surface area (TPSA) is 128 Å². The molecular formula is C23H20N4O5S2. The van der Waals surface area contributed by atoms with Gasteiger partial charge in [0.1, 0.15) is 23.0 Å². The Kier molecular flexibility index (Phi) is 6.66. The SMILES string of the molecule is Cc1ccc(CS(=O)n2cnc3cnc(C(=O)NS(=O)(=O)Cc4ccccc4)cc3c2=O)cc1. The van der Waals surface area contributed by atoms with Crippen LogP contribution in [0.4, 0.5) is 0 Å². The largest absolute Gasteiger partial charge is 0.283 e. The average molecular weight is 497 g/mol. The van der Waals surface area contributed by atoms with E-state index in [4.69, 9.17) is 0 Å². The van der Waals surface area contributed by atoms with Gasteiger partial charge in [-0.15, -0.1) is 0 Å². The number of carbonyl (C=O) groups is 1. The van der Waals surface area contributed by atoms with Gasteiger partial charge in [0, 0.05) is 0 Å². The molecule has 34 heavy (non-hydrogen) atoms. The molecule has 2 aromatic heterocycles. The van der Waals surface area contributed by atoms with Crippen molar-refractivity contribution in [2.45, 2.75) is 18.4 Å². The van der Waals surface area contributed by atoms with E-state index in [1.54, 1.807) is 30.3 Å². The Bertz CT molecular complexity index is 1550. The number of rotatable bonds is 7. The third kappa shape index (κ3) is 5.43. The summed E-state index contributed by atoms with van der Waals surface area (Å²) >= 11 is 0. The number of hydrogen-bond acceptors (Lipinski definition) is 7. The van der Waals surface area contributed by atoms with Crippen LogP contribution in [0, 0.1) is 6.92 Å². The lowest BCUT2D eigenvalue weighted by molar-refractivity contribution is 0.0976. The minimum absolute atomic E-state index is 0.000337. The third-order valence-electron chi connectivity index (χ3n) is 4.93. The highest BCUT2D eigenvalue weighted by Crippen LogP contribution is 2.11. The first-order valence-electron chi connectivity index (χ1n) is 10.1. The van der Waals surface area contributed by atoms with Gasteiger partial charge in [0.25, 0.3) is 11.5 Å². The fourth-order valence-electron chi connectivity index (χ4n) is 3.20. The summed E-state index contributed by atoms with van der Waals surface area (Å²) in [7, 11) is -5.73. The number of benzene rings is 2. The third-order valence-corrected chi connectivity index (χ3v) is 7.41. The molecule has 2 aromatic carbocycles. The van der Waals surface area contributed by atoms with E-state index in [1.165, 1.54) is 12.5 Å². The zero-order valence-electron chi connectivity index (χ0n) is 18.0. The van der Waals surface area contributed by atoms with Gasteiger partial charge in [0.05, 0.1) is 28.6 Å². The van der Waals surface area contributed by atoms with Crippen LogP contribution in [0.2, 0.25) is 0 Å². The Hall–Kier alpha value is -3.70. The lowest BCUT2D eigenvalue weighted by Crippen LogP contribution is -2.32. The van der Waals surface area contributed by atoms with Gasteiger partial charge in [0.15, 0.2) is 0 Å². The fraction of sp³-hybridized carbons (Fsp3) is 0.130. The van der Waals surface area contributed by atoms with Gasteiger partial charge in [-0.2, -0.15) is 0 Å². The normalized spacial score (nSPS) is 12.4. The number of carbonyl (C=O) groups excluding carboxylic acids is 1. The van der Waals surface area contributed by atoms with Gasteiger partial charge >= 0.3 is 0 Å². The Morgan fingerprint density at radius 3 is 2.44 bits per heavy atom. The van der Waals surface area contributed by atoms with Crippen molar-refractivity contribution < 1.29 is 17.4 Å². The zero-order chi connectivity index (χ0) is 24.3. The second kappa shape index (κ2) is 9.65. The van der Waals surface area contributed by atoms with E-state index in [0.29, 0.717) is 5.56 Å². The van der Waals surface area contributed by atoms with Crippen molar-refractivity contribution in [2.75, 3.05) is 0 Å². The second-order valence-electron chi connectivity index (χ2n) is 7.59. The van der Waals surface area contributed by atoms with E-state index >= 15 is 0 Å². The molecule has 4 aromatic rings. The van der Waals surface area contributed by atoms with Crippen LogP contribution >= 0.6 is 0 Å². The van der Waals surface area contributed by atoms with Crippen LogP contribution in [-0.2, 0) is 32.5 Å². The molecule has 9 nitrogen and oxygen atoms in total. The smallest absolute Gasteiger partial charge is 0.268 e. The molecule has 174 valence electrons. The Balaban J connectivity index is 1.58. The van der Waals surface area contributed by atoms with Gasteiger partial charge in [-0.05, 0) is 24.1 Å². The minimum Gasteiger partial charge on any atom is -0.268 e. The van der Waals surface area contributed by atoms with Crippen molar-refractivity contribution in [1.82, 2.24) is 18.7 Å². The first-order chi connectivity index (χ1) is 16.2. The minimum atomic E-state index is -3.99. The van der Waals surface area contributed by atoms with Crippen molar-refractivity contribution in [3.63, 3.8) is 0 Å². The maximum Gasteiger partial charge on any atom is 0.283 e. The molecule has 11 heteroatoms. The monoisotopic (exact) mass is 496 g/mol. The molecule has 0 saturated heterocycles. The molecule has 0 spiro atoms. The fourth-order valence-corrected chi connectivity index (χ4v) is 5.34. The highest BCUT2D eigenvalue weighted by Gasteiger charge is 2.19. The summed E-state index contributed by atoms with van der Waals surface area (Å²) < 4.78 is 40.5. The summed E-state index contributed by atoms with van der Waals surface area (Å²) in [5.41, 5.74) is 1.65. The molecule has 0 aliphatic heterocycles. The molecule has 0 aliphatic carbocycles. The van der Waals surface area contributed by atoms with Crippen molar-refractivity contribution in [1.29, 1.82) is 0 Å². The van der Waals surface area contributed by atoms with Gasteiger partial charge in [-0.3, -0.25) is 9.59 Å². The maximum absolute atomic E-state index is 13.0. The number of nitrogens with one attached hydrogen (secondary N) is 1. The molecule has 0 saturated carbocycles. The number of amides is 1. The van der Waals surface area contributed by atoms with Gasteiger partial charge in [-0.25, -0.2) is 31.3 Å². The molecule has 1 amide bonds. The predicted octanol–water partition coefficient (Wildman–Crippen LogP) is 2.07. The molecule has 1 N–H and O–H groups in total. The second-order valence-corrected chi connectivity index (χ2v) is 10.6. The summed E-state index contributed by atoms with van der Waals surface area (Å²) in [5.74, 6) is -1.27. The van der Waals surface area contributed by atoms with E-state index < -0.39 is 32.5 Å². The number of aryl methyl sites for hydroxylation is 1. The van der Waals surface area contributed by atoms with E-state index in [1.807, 2.05) is 35.9 Å².